The molecule has 17 heavy (non-hydrogen) atoms. The molecule has 94 valence electrons. The van der Waals surface area contributed by atoms with Gasteiger partial charge in [0.25, 0.3) is 0 Å². The number of nitrogens with one attached hydrogen (secondary N) is 1. The second-order valence-electron chi connectivity index (χ2n) is 4.43. The normalized spacial score (nSPS) is 24.6. The van der Waals surface area contributed by atoms with Gasteiger partial charge in [-0.25, -0.2) is 0 Å². The van der Waals surface area contributed by atoms with Crippen LogP contribution in [-0.2, 0) is 4.74 Å². The number of anilines is 1. The average Bonchev–Trinajstić information content (AvgIpc) is 2.34. The van der Waals surface area contributed by atoms with Gasteiger partial charge in [-0.15, -0.1) is 0 Å². The molecule has 0 amide bonds. The van der Waals surface area contributed by atoms with Crippen molar-refractivity contribution in [1.29, 1.82) is 0 Å². The van der Waals surface area contributed by atoms with Crippen molar-refractivity contribution in [2.45, 2.75) is 38.3 Å². The van der Waals surface area contributed by atoms with Crippen LogP contribution in [0.15, 0.2) is 18.2 Å². The Kier molecular flexibility index (Phi) is 4.13. The van der Waals surface area contributed by atoms with Crippen LogP contribution in [0.25, 0.3) is 0 Å². The van der Waals surface area contributed by atoms with Crippen molar-refractivity contribution in [1.82, 2.24) is 0 Å². The lowest BCUT2D eigenvalue weighted by molar-refractivity contribution is 0.00925. The third kappa shape index (κ3) is 3.27. The molecule has 0 spiro atoms. The lowest BCUT2D eigenvalue weighted by Gasteiger charge is -2.30. The molecule has 1 saturated heterocycles. The Morgan fingerprint density at radius 1 is 1.53 bits per heavy atom. The zero-order valence-electron chi connectivity index (χ0n) is 9.95. The molecule has 1 fully saturated rings. The van der Waals surface area contributed by atoms with Crippen LogP contribution in [0.4, 0.5) is 5.69 Å². The van der Waals surface area contributed by atoms with Gasteiger partial charge in [0, 0.05) is 18.3 Å². The molecule has 1 aliphatic heterocycles. The monoisotopic (exact) mass is 255 g/mol. The van der Waals surface area contributed by atoms with Gasteiger partial charge in [-0.1, -0.05) is 18.5 Å². The van der Waals surface area contributed by atoms with E-state index >= 15 is 0 Å². The van der Waals surface area contributed by atoms with Gasteiger partial charge in [-0.3, -0.25) is 0 Å². The molecule has 2 atom stereocenters. The van der Waals surface area contributed by atoms with Gasteiger partial charge >= 0.3 is 0 Å². The second kappa shape index (κ2) is 5.61. The Balaban J connectivity index is 1.97. The van der Waals surface area contributed by atoms with Gasteiger partial charge in [0.05, 0.1) is 11.1 Å². The third-order valence-corrected chi connectivity index (χ3v) is 3.44. The summed E-state index contributed by atoms with van der Waals surface area (Å²) in [4.78, 5) is 0. The molecule has 3 nitrogen and oxygen atoms in total. The Bertz CT molecular complexity index is 384. The van der Waals surface area contributed by atoms with Crippen LogP contribution < -0.4 is 5.32 Å². The molecule has 1 heterocycles. The molecule has 0 aromatic heterocycles. The number of hydrogen-bond acceptors (Lipinski definition) is 3. The first-order valence-electron chi connectivity index (χ1n) is 6.05. The van der Waals surface area contributed by atoms with Crippen LogP contribution in [0.5, 0.6) is 5.75 Å². The molecule has 0 bridgehead atoms. The number of benzene rings is 1. The summed E-state index contributed by atoms with van der Waals surface area (Å²) in [5, 5.41) is 13.2. The van der Waals surface area contributed by atoms with Gasteiger partial charge < -0.3 is 15.2 Å². The van der Waals surface area contributed by atoms with Crippen molar-refractivity contribution >= 4 is 17.3 Å². The van der Waals surface area contributed by atoms with Crippen LogP contribution in [0.3, 0.4) is 0 Å². The van der Waals surface area contributed by atoms with Crippen LogP contribution in [0.1, 0.15) is 26.2 Å². The topological polar surface area (TPSA) is 41.5 Å². The summed E-state index contributed by atoms with van der Waals surface area (Å²) in [7, 11) is 0. The molecular weight excluding hydrogens is 238 g/mol. The fraction of sp³-hybridized carbons (Fsp3) is 0.538. The van der Waals surface area contributed by atoms with E-state index in [2.05, 4.69) is 12.2 Å². The second-order valence-corrected chi connectivity index (χ2v) is 4.84. The van der Waals surface area contributed by atoms with Crippen LogP contribution >= 0.6 is 11.6 Å². The highest BCUT2D eigenvalue weighted by Gasteiger charge is 2.21. The quantitative estimate of drug-likeness (QED) is 0.814. The summed E-state index contributed by atoms with van der Waals surface area (Å²) in [5.74, 6) is 0.121. The molecule has 1 aromatic carbocycles. The molecule has 2 rings (SSSR count). The van der Waals surface area contributed by atoms with Crippen LogP contribution in [0.2, 0.25) is 5.02 Å². The van der Waals surface area contributed by atoms with Crippen molar-refractivity contribution in [2.24, 2.45) is 0 Å². The first-order chi connectivity index (χ1) is 8.19. The lowest BCUT2D eigenvalue weighted by Crippen LogP contribution is -2.33. The maximum absolute atomic E-state index is 9.35. The third-order valence-electron chi connectivity index (χ3n) is 3.14. The minimum Gasteiger partial charge on any atom is -0.506 e. The molecule has 0 saturated carbocycles. The lowest BCUT2D eigenvalue weighted by atomic mass is 10.0. The maximum Gasteiger partial charge on any atom is 0.134 e. The Labute approximate surface area is 107 Å². The van der Waals surface area contributed by atoms with E-state index in [9.17, 15) is 5.11 Å². The maximum atomic E-state index is 9.35. The van der Waals surface area contributed by atoms with E-state index in [1.165, 1.54) is 0 Å². The Hall–Kier alpha value is -0.930. The highest BCUT2D eigenvalue weighted by atomic mass is 35.5. The smallest absolute Gasteiger partial charge is 0.134 e. The molecule has 0 radical (unpaired) electrons. The van der Waals surface area contributed by atoms with Crippen molar-refractivity contribution < 1.29 is 9.84 Å². The summed E-state index contributed by atoms with van der Waals surface area (Å²) >= 11 is 5.87. The highest BCUT2D eigenvalue weighted by Crippen LogP contribution is 2.28. The van der Waals surface area contributed by atoms with Gasteiger partial charge in [0.1, 0.15) is 5.75 Å². The zero-order chi connectivity index (χ0) is 12.3. The van der Waals surface area contributed by atoms with Gasteiger partial charge in [0.2, 0.25) is 0 Å². The summed E-state index contributed by atoms with van der Waals surface area (Å²) in [5.41, 5.74) is 0.953. The first kappa shape index (κ1) is 12.5. The molecule has 2 unspecified atom stereocenters. The van der Waals surface area contributed by atoms with Crippen LogP contribution in [-0.4, -0.2) is 23.9 Å². The van der Waals surface area contributed by atoms with Crippen LogP contribution in [0, 0.1) is 0 Å². The first-order valence-corrected chi connectivity index (χ1v) is 6.43. The summed E-state index contributed by atoms with van der Waals surface area (Å²) in [6.45, 7) is 2.95. The van der Waals surface area contributed by atoms with E-state index in [0.717, 1.165) is 31.6 Å². The molecule has 2 N–H and O–H groups in total. The van der Waals surface area contributed by atoms with Crippen molar-refractivity contribution in [3.8, 4) is 5.75 Å². The van der Waals surface area contributed by atoms with E-state index in [1.54, 1.807) is 12.1 Å². The number of rotatable bonds is 3. The van der Waals surface area contributed by atoms with E-state index in [1.807, 2.05) is 6.07 Å². The number of halogens is 1. The van der Waals surface area contributed by atoms with Crippen molar-refractivity contribution in [3.05, 3.63) is 23.2 Å². The summed E-state index contributed by atoms with van der Waals surface area (Å²) in [6, 6.07) is 5.64. The molecule has 1 aliphatic rings. The number of ether oxygens (including phenoxy) is 1. The van der Waals surface area contributed by atoms with E-state index in [0.29, 0.717) is 17.2 Å². The highest BCUT2D eigenvalue weighted by molar-refractivity contribution is 6.32. The van der Waals surface area contributed by atoms with Gasteiger partial charge in [0.15, 0.2) is 0 Å². The number of phenols is 1. The molecule has 0 aliphatic carbocycles. The van der Waals surface area contributed by atoms with Gasteiger partial charge in [-0.2, -0.15) is 0 Å². The Morgan fingerprint density at radius 3 is 3.06 bits per heavy atom. The van der Waals surface area contributed by atoms with E-state index < -0.39 is 0 Å². The van der Waals surface area contributed by atoms with E-state index in [-0.39, 0.29) is 5.75 Å². The predicted molar refractivity (Wildman–Crippen MR) is 69.8 cm³/mol. The summed E-state index contributed by atoms with van der Waals surface area (Å²) in [6.07, 6.45) is 3.44. The standard InChI is InChI=1S/C13H18ClNO2/c1-2-11-7-10(5-6-17-11)15-9-3-4-13(16)12(14)8-9/h3-4,8,10-11,15-16H,2,5-7H2,1H3. The minimum absolute atomic E-state index is 0.121. The molecular formula is C13H18ClNO2. The van der Waals surface area contributed by atoms with Crippen molar-refractivity contribution in [2.75, 3.05) is 11.9 Å². The number of hydrogen-bond donors (Lipinski definition) is 2. The fourth-order valence-electron chi connectivity index (χ4n) is 2.13. The van der Waals surface area contributed by atoms with Gasteiger partial charge in [-0.05, 0) is 37.5 Å². The fourth-order valence-corrected chi connectivity index (χ4v) is 2.31. The summed E-state index contributed by atoms with van der Waals surface area (Å²) < 4.78 is 5.63. The SMILES string of the molecule is CCC1CC(Nc2ccc(O)c(Cl)c2)CCO1. The van der Waals surface area contributed by atoms with Crippen molar-refractivity contribution in [3.63, 3.8) is 0 Å². The minimum atomic E-state index is 0.121. The number of aromatic hydroxyl groups is 1. The predicted octanol–water partition coefficient (Wildman–Crippen LogP) is 3.42. The molecule has 1 aromatic rings. The average molecular weight is 256 g/mol. The molecule has 4 heteroatoms. The largest absolute Gasteiger partial charge is 0.506 e. The van der Waals surface area contributed by atoms with E-state index in [4.69, 9.17) is 16.3 Å². The zero-order valence-corrected chi connectivity index (χ0v) is 10.7. The Morgan fingerprint density at radius 2 is 2.35 bits per heavy atom. The number of phenolic OH excluding ortho intramolecular Hbond substituents is 1.